The lowest BCUT2D eigenvalue weighted by Gasteiger charge is -2.24. The summed E-state index contributed by atoms with van der Waals surface area (Å²) in [7, 11) is 2.03. The Hall–Kier alpha value is -2.76. The minimum Gasteiger partial charge on any atom is -0.337 e. The maximum absolute atomic E-state index is 8.92. The van der Waals surface area contributed by atoms with Gasteiger partial charge in [0, 0.05) is 19.4 Å². The third-order valence-electron chi connectivity index (χ3n) is 4.59. The Morgan fingerprint density at radius 3 is 3.08 bits per heavy atom. The van der Waals surface area contributed by atoms with E-state index in [1.807, 2.05) is 31.6 Å². The summed E-state index contributed by atoms with van der Waals surface area (Å²) in [6.45, 7) is 1.88. The van der Waals surface area contributed by atoms with Crippen LogP contribution in [0.5, 0.6) is 0 Å². The Morgan fingerprint density at radius 2 is 2.31 bits per heavy atom. The SMILES string of the molecule is Cn1ccnc1CN1CCC[C@@H]1c1cccc(Nc2ncc(C#N)s2)n1. The summed E-state index contributed by atoms with van der Waals surface area (Å²) in [5, 5.41) is 12.8. The first kappa shape index (κ1) is 16.7. The summed E-state index contributed by atoms with van der Waals surface area (Å²) in [5.41, 5.74) is 1.05. The predicted molar refractivity (Wildman–Crippen MR) is 99.9 cm³/mol. The van der Waals surface area contributed by atoms with Crippen LogP contribution in [0.3, 0.4) is 0 Å². The van der Waals surface area contributed by atoms with Crippen LogP contribution in [-0.4, -0.2) is 31.0 Å². The highest BCUT2D eigenvalue weighted by molar-refractivity contribution is 7.16. The van der Waals surface area contributed by atoms with E-state index in [0.29, 0.717) is 16.1 Å². The second-order valence-corrected chi connectivity index (χ2v) is 7.33. The van der Waals surface area contributed by atoms with E-state index in [9.17, 15) is 0 Å². The molecule has 1 atom stereocenters. The molecule has 3 aromatic rings. The van der Waals surface area contributed by atoms with Gasteiger partial charge in [-0.05, 0) is 31.5 Å². The van der Waals surface area contributed by atoms with Gasteiger partial charge in [0.2, 0.25) is 0 Å². The van der Waals surface area contributed by atoms with Crippen molar-refractivity contribution in [1.29, 1.82) is 5.26 Å². The van der Waals surface area contributed by atoms with Gasteiger partial charge in [-0.1, -0.05) is 17.4 Å². The van der Waals surface area contributed by atoms with Crippen molar-refractivity contribution in [1.82, 2.24) is 24.4 Å². The first-order valence-corrected chi connectivity index (χ1v) is 9.35. The van der Waals surface area contributed by atoms with Gasteiger partial charge in [0.05, 0.1) is 24.5 Å². The van der Waals surface area contributed by atoms with E-state index < -0.39 is 0 Å². The summed E-state index contributed by atoms with van der Waals surface area (Å²) in [4.78, 5) is 16.5. The van der Waals surface area contributed by atoms with Crippen LogP contribution in [0.2, 0.25) is 0 Å². The fourth-order valence-electron chi connectivity index (χ4n) is 3.28. The van der Waals surface area contributed by atoms with Crippen molar-refractivity contribution in [2.75, 3.05) is 11.9 Å². The van der Waals surface area contributed by atoms with E-state index in [4.69, 9.17) is 10.2 Å². The second-order valence-electron chi connectivity index (χ2n) is 6.30. The van der Waals surface area contributed by atoms with Crippen LogP contribution in [0.15, 0.2) is 36.8 Å². The lowest BCUT2D eigenvalue weighted by atomic mass is 10.1. The van der Waals surface area contributed by atoms with E-state index in [-0.39, 0.29) is 0 Å². The molecule has 0 saturated carbocycles. The van der Waals surface area contributed by atoms with E-state index in [0.717, 1.165) is 43.3 Å². The van der Waals surface area contributed by atoms with Crippen LogP contribution >= 0.6 is 11.3 Å². The molecule has 0 spiro atoms. The van der Waals surface area contributed by atoms with E-state index >= 15 is 0 Å². The third-order valence-corrected chi connectivity index (χ3v) is 5.41. The number of hydrogen-bond donors (Lipinski definition) is 1. The minimum atomic E-state index is 0.291. The number of nitrogens with one attached hydrogen (secondary N) is 1. The van der Waals surface area contributed by atoms with Gasteiger partial charge in [-0.15, -0.1) is 0 Å². The molecule has 132 valence electrons. The molecule has 1 fully saturated rings. The van der Waals surface area contributed by atoms with Crippen molar-refractivity contribution in [3.63, 3.8) is 0 Å². The summed E-state index contributed by atoms with van der Waals surface area (Å²) >= 11 is 1.33. The van der Waals surface area contributed by atoms with Crippen molar-refractivity contribution in [2.24, 2.45) is 7.05 Å². The Morgan fingerprint density at radius 1 is 1.38 bits per heavy atom. The van der Waals surface area contributed by atoms with Gasteiger partial charge in [-0.2, -0.15) is 5.26 Å². The van der Waals surface area contributed by atoms with Crippen molar-refractivity contribution >= 4 is 22.3 Å². The first-order chi connectivity index (χ1) is 12.7. The molecule has 0 bridgehead atoms. The molecular weight excluding hydrogens is 346 g/mol. The topological polar surface area (TPSA) is 82.7 Å². The Kier molecular flexibility index (Phi) is 4.65. The van der Waals surface area contributed by atoms with E-state index in [2.05, 4.69) is 36.9 Å². The van der Waals surface area contributed by atoms with Crippen LogP contribution in [0, 0.1) is 11.3 Å². The van der Waals surface area contributed by atoms with E-state index in [1.54, 1.807) is 6.20 Å². The highest BCUT2D eigenvalue weighted by atomic mass is 32.1. The average molecular weight is 365 g/mol. The number of hydrogen-bond acceptors (Lipinski definition) is 7. The molecule has 4 heterocycles. The molecule has 0 aromatic carbocycles. The molecule has 0 unspecified atom stereocenters. The smallest absolute Gasteiger partial charge is 0.189 e. The van der Waals surface area contributed by atoms with E-state index in [1.165, 1.54) is 11.3 Å². The van der Waals surface area contributed by atoms with Crippen LogP contribution in [0.25, 0.3) is 0 Å². The Bertz CT molecular complexity index is 939. The summed E-state index contributed by atoms with van der Waals surface area (Å²) in [5.74, 6) is 1.82. The maximum atomic E-state index is 8.92. The van der Waals surface area contributed by atoms with Gasteiger partial charge >= 0.3 is 0 Å². The highest BCUT2D eigenvalue weighted by Crippen LogP contribution is 2.32. The molecule has 0 radical (unpaired) electrons. The number of nitrogens with zero attached hydrogens (tertiary/aromatic N) is 6. The van der Waals surface area contributed by atoms with Gasteiger partial charge in [0.25, 0.3) is 0 Å². The molecule has 26 heavy (non-hydrogen) atoms. The third kappa shape index (κ3) is 3.45. The quantitative estimate of drug-likeness (QED) is 0.747. The zero-order valence-corrected chi connectivity index (χ0v) is 15.3. The van der Waals surface area contributed by atoms with Crippen molar-refractivity contribution in [2.45, 2.75) is 25.4 Å². The second kappa shape index (κ2) is 7.23. The Labute approximate surface area is 156 Å². The average Bonchev–Trinajstić information content (AvgIpc) is 3.38. The van der Waals surface area contributed by atoms with Crippen molar-refractivity contribution in [3.8, 4) is 6.07 Å². The minimum absolute atomic E-state index is 0.291. The largest absolute Gasteiger partial charge is 0.337 e. The lowest BCUT2D eigenvalue weighted by molar-refractivity contribution is 0.236. The van der Waals surface area contributed by atoms with Gasteiger partial charge < -0.3 is 9.88 Å². The van der Waals surface area contributed by atoms with Crippen LogP contribution in [-0.2, 0) is 13.6 Å². The number of rotatable bonds is 5. The molecule has 0 amide bonds. The van der Waals surface area contributed by atoms with Crippen LogP contribution < -0.4 is 5.32 Å². The number of aromatic nitrogens is 4. The monoisotopic (exact) mass is 365 g/mol. The molecule has 1 aliphatic rings. The number of nitriles is 1. The molecule has 1 saturated heterocycles. The maximum Gasteiger partial charge on any atom is 0.189 e. The molecule has 4 rings (SSSR count). The molecule has 1 N–H and O–H groups in total. The number of imidazole rings is 1. The van der Waals surface area contributed by atoms with Gasteiger partial charge in [-0.3, -0.25) is 4.90 Å². The summed E-state index contributed by atoms with van der Waals surface area (Å²) in [6.07, 6.45) is 7.64. The number of likely N-dealkylation sites (tertiary alicyclic amines) is 1. The molecule has 0 aliphatic carbocycles. The normalized spacial score (nSPS) is 17.3. The molecule has 3 aromatic heterocycles. The van der Waals surface area contributed by atoms with Crippen LogP contribution in [0.4, 0.5) is 10.9 Å². The molecular formula is C18H19N7S. The fourth-order valence-corrected chi connectivity index (χ4v) is 3.90. The fraction of sp³-hybridized carbons (Fsp3) is 0.333. The lowest BCUT2D eigenvalue weighted by Crippen LogP contribution is -2.25. The number of aryl methyl sites for hydroxylation is 1. The standard InChI is InChI=1S/C18H19N7S/c1-24-9-7-20-17(24)12-25-8-3-5-15(25)14-4-2-6-16(22-14)23-18-21-11-13(10-19)26-18/h2,4,6-7,9,11,15H,3,5,8,12H2,1H3,(H,21,22,23)/t15-/m1/s1. The molecule has 1 aliphatic heterocycles. The number of thiazole rings is 1. The number of pyridine rings is 1. The van der Waals surface area contributed by atoms with Crippen LogP contribution in [0.1, 0.15) is 35.3 Å². The molecule has 8 heteroatoms. The summed E-state index contributed by atoms with van der Waals surface area (Å²) < 4.78 is 2.07. The zero-order valence-electron chi connectivity index (χ0n) is 14.5. The Balaban J connectivity index is 1.51. The summed E-state index contributed by atoms with van der Waals surface area (Å²) in [6, 6.07) is 8.41. The molecule has 7 nitrogen and oxygen atoms in total. The van der Waals surface area contributed by atoms with Crippen molar-refractivity contribution < 1.29 is 0 Å². The number of anilines is 2. The highest BCUT2D eigenvalue weighted by Gasteiger charge is 2.28. The zero-order chi connectivity index (χ0) is 17.9. The van der Waals surface area contributed by atoms with Gasteiger partial charge in [0.1, 0.15) is 22.6 Å². The van der Waals surface area contributed by atoms with Gasteiger partial charge in [-0.25, -0.2) is 15.0 Å². The predicted octanol–water partition coefficient (Wildman–Crippen LogP) is 3.22. The van der Waals surface area contributed by atoms with Gasteiger partial charge in [0.15, 0.2) is 5.13 Å². The first-order valence-electron chi connectivity index (χ1n) is 8.53. The van der Waals surface area contributed by atoms with Crippen molar-refractivity contribution in [3.05, 3.63) is 53.2 Å².